The maximum atomic E-state index is 12.5. The predicted octanol–water partition coefficient (Wildman–Crippen LogP) is 2.62. The molecule has 2 rings (SSSR count). The van der Waals surface area contributed by atoms with Gasteiger partial charge in [0.2, 0.25) is 5.91 Å². The van der Waals surface area contributed by atoms with Crippen LogP contribution in [-0.2, 0) is 9.59 Å². The number of amides is 1. The third-order valence-electron chi connectivity index (χ3n) is 3.70. The average Bonchev–Trinajstić information content (AvgIpc) is 2.29. The minimum absolute atomic E-state index is 0.000164. The van der Waals surface area contributed by atoms with E-state index in [9.17, 15) is 9.59 Å². The Bertz CT molecular complexity index is 506. The first-order valence-corrected chi connectivity index (χ1v) is 7.05. The second-order valence-electron chi connectivity index (χ2n) is 5.55. The normalized spacial score (nSPS) is 16.9. The van der Waals surface area contributed by atoms with Crippen LogP contribution in [0.1, 0.15) is 25.3 Å². The summed E-state index contributed by atoms with van der Waals surface area (Å²) >= 11 is 5.87. The number of carboxylic acid groups (broad SMARTS) is 1. The van der Waals surface area contributed by atoms with Crippen molar-refractivity contribution in [3.05, 3.63) is 34.9 Å². The molecule has 0 spiro atoms. The SMILES string of the molecule is CC(C)C(C(=O)N1CC(C(=O)O)C1)c1ccc(Cl)cc1. The molecule has 4 nitrogen and oxygen atoms in total. The molecule has 1 aromatic rings. The molecule has 1 unspecified atom stereocenters. The summed E-state index contributed by atoms with van der Waals surface area (Å²) in [7, 11) is 0. The topological polar surface area (TPSA) is 57.6 Å². The van der Waals surface area contributed by atoms with E-state index in [1.807, 2.05) is 26.0 Å². The zero-order valence-electron chi connectivity index (χ0n) is 11.5. The van der Waals surface area contributed by atoms with Gasteiger partial charge in [-0.15, -0.1) is 0 Å². The third kappa shape index (κ3) is 2.96. The summed E-state index contributed by atoms with van der Waals surface area (Å²) in [4.78, 5) is 25.0. The van der Waals surface area contributed by atoms with Crippen molar-refractivity contribution in [2.75, 3.05) is 13.1 Å². The number of aliphatic carboxylic acids is 1. The van der Waals surface area contributed by atoms with Crippen LogP contribution < -0.4 is 0 Å². The molecule has 1 saturated heterocycles. The lowest BCUT2D eigenvalue weighted by Crippen LogP contribution is -2.54. The number of halogens is 1. The molecule has 1 heterocycles. The fourth-order valence-electron chi connectivity index (χ4n) is 2.49. The highest BCUT2D eigenvalue weighted by Crippen LogP contribution is 2.30. The molecule has 0 saturated carbocycles. The number of rotatable bonds is 4. The molecule has 1 aromatic carbocycles. The standard InChI is InChI=1S/C15H18ClNO3/c1-9(2)13(10-3-5-12(16)6-4-10)14(18)17-7-11(8-17)15(19)20/h3-6,9,11,13H,7-8H2,1-2H3,(H,19,20). The van der Waals surface area contributed by atoms with Crippen LogP contribution in [0.4, 0.5) is 0 Å². The Hall–Kier alpha value is -1.55. The van der Waals surface area contributed by atoms with E-state index in [0.717, 1.165) is 5.56 Å². The van der Waals surface area contributed by atoms with Crippen LogP contribution >= 0.6 is 11.6 Å². The lowest BCUT2D eigenvalue weighted by atomic mass is 9.85. The summed E-state index contributed by atoms with van der Waals surface area (Å²) < 4.78 is 0. The van der Waals surface area contributed by atoms with Crippen molar-refractivity contribution in [1.29, 1.82) is 0 Å². The molecule has 1 aliphatic heterocycles. The number of hydrogen-bond donors (Lipinski definition) is 1. The first-order valence-electron chi connectivity index (χ1n) is 6.67. The van der Waals surface area contributed by atoms with Crippen molar-refractivity contribution in [3.8, 4) is 0 Å². The van der Waals surface area contributed by atoms with Gasteiger partial charge in [-0.3, -0.25) is 9.59 Å². The summed E-state index contributed by atoms with van der Waals surface area (Å²) in [6.45, 7) is 4.60. The highest BCUT2D eigenvalue weighted by Gasteiger charge is 2.39. The first-order chi connectivity index (χ1) is 9.40. The molecular formula is C15H18ClNO3. The van der Waals surface area contributed by atoms with Crippen molar-refractivity contribution in [2.45, 2.75) is 19.8 Å². The smallest absolute Gasteiger partial charge is 0.310 e. The van der Waals surface area contributed by atoms with Gasteiger partial charge in [-0.1, -0.05) is 37.6 Å². The number of nitrogens with zero attached hydrogens (tertiary/aromatic N) is 1. The average molecular weight is 296 g/mol. The molecule has 1 fully saturated rings. The van der Waals surface area contributed by atoms with Gasteiger partial charge in [0.05, 0.1) is 11.8 Å². The van der Waals surface area contributed by atoms with Gasteiger partial charge in [0, 0.05) is 18.1 Å². The summed E-state index contributed by atoms with van der Waals surface area (Å²) in [5.41, 5.74) is 0.924. The van der Waals surface area contributed by atoms with Crippen LogP contribution in [0.5, 0.6) is 0 Å². The van der Waals surface area contributed by atoms with Crippen molar-refractivity contribution in [1.82, 2.24) is 4.90 Å². The first kappa shape index (κ1) is 14.9. The highest BCUT2D eigenvalue weighted by atomic mass is 35.5. The second kappa shape index (κ2) is 5.83. The van der Waals surface area contributed by atoms with E-state index in [1.165, 1.54) is 0 Å². The van der Waals surface area contributed by atoms with Crippen molar-refractivity contribution < 1.29 is 14.7 Å². The number of hydrogen-bond acceptors (Lipinski definition) is 2. The Balaban J connectivity index is 2.12. The molecule has 5 heteroatoms. The minimum atomic E-state index is -0.832. The number of carboxylic acids is 1. The molecule has 0 radical (unpaired) electrons. The van der Waals surface area contributed by atoms with Crippen LogP contribution in [0.25, 0.3) is 0 Å². The van der Waals surface area contributed by atoms with Gasteiger partial charge < -0.3 is 10.0 Å². The fourth-order valence-corrected chi connectivity index (χ4v) is 2.62. The Morgan fingerprint density at radius 1 is 1.25 bits per heavy atom. The molecule has 108 valence electrons. The zero-order valence-corrected chi connectivity index (χ0v) is 12.3. The van der Waals surface area contributed by atoms with E-state index in [1.54, 1.807) is 17.0 Å². The largest absolute Gasteiger partial charge is 0.481 e. The van der Waals surface area contributed by atoms with Crippen LogP contribution in [-0.4, -0.2) is 35.0 Å². The molecule has 20 heavy (non-hydrogen) atoms. The van der Waals surface area contributed by atoms with Crippen molar-refractivity contribution in [3.63, 3.8) is 0 Å². The lowest BCUT2D eigenvalue weighted by Gasteiger charge is -2.39. The van der Waals surface area contributed by atoms with E-state index < -0.39 is 11.9 Å². The highest BCUT2D eigenvalue weighted by molar-refractivity contribution is 6.30. The van der Waals surface area contributed by atoms with E-state index in [0.29, 0.717) is 18.1 Å². The molecule has 1 N–H and O–H groups in total. The van der Waals surface area contributed by atoms with Gasteiger partial charge >= 0.3 is 5.97 Å². The van der Waals surface area contributed by atoms with Gasteiger partial charge in [0.1, 0.15) is 0 Å². The summed E-state index contributed by atoms with van der Waals surface area (Å²) in [6, 6.07) is 7.27. The predicted molar refractivity (Wildman–Crippen MR) is 76.7 cm³/mol. The van der Waals surface area contributed by atoms with Crippen molar-refractivity contribution in [2.24, 2.45) is 11.8 Å². The van der Waals surface area contributed by atoms with E-state index in [-0.39, 0.29) is 17.7 Å². The molecule has 1 aliphatic rings. The van der Waals surface area contributed by atoms with Crippen molar-refractivity contribution >= 4 is 23.5 Å². The Kier molecular flexibility index (Phi) is 4.33. The molecule has 0 aromatic heterocycles. The number of benzene rings is 1. The molecule has 1 amide bonds. The van der Waals surface area contributed by atoms with Gasteiger partial charge in [0.25, 0.3) is 0 Å². The molecule has 0 aliphatic carbocycles. The Morgan fingerprint density at radius 3 is 2.25 bits per heavy atom. The molecule has 1 atom stereocenters. The maximum Gasteiger partial charge on any atom is 0.310 e. The summed E-state index contributed by atoms with van der Waals surface area (Å²) in [5.74, 6) is -1.35. The Labute approximate surface area is 123 Å². The third-order valence-corrected chi connectivity index (χ3v) is 3.96. The van der Waals surface area contributed by atoms with Crippen LogP contribution in [0.3, 0.4) is 0 Å². The molecule has 0 bridgehead atoms. The second-order valence-corrected chi connectivity index (χ2v) is 5.99. The van der Waals surface area contributed by atoms with Gasteiger partial charge in [-0.25, -0.2) is 0 Å². The number of carbonyl (C=O) groups is 2. The summed E-state index contributed by atoms with van der Waals surface area (Å²) in [5, 5.41) is 9.51. The van der Waals surface area contributed by atoms with Gasteiger partial charge in [-0.05, 0) is 23.6 Å². The fraction of sp³-hybridized carbons (Fsp3) is 0.467. The minimum Gasteiger partial charge on any atom is -0.481 e. The van der Waals surface area contributed by atoms with Crippen LogP contribution in [0, 0.1) is 11.8 Å². The van der Waals surface area contributed by atoms with Crippen LogP contribution in [0.15, 0.2) is 24.3 Å². The summed E-state index contributed by atoms with van der Waals surface area (Å²) in [6.07, 6.45) is 0. The van der Waals surface area contributed by atoms with Gasteiger partial charge in [-0.2, -0.15) is 0 Å². The van der Waals surface area contributed by atoms with E-state index in [2.05, 4.69) is 0 Å². The lowest BCUT2D eigenvalue weighted by molar-refractivity contribution is -0.153. The van der Waals surface area contributed by atoms with Gasteiger partial charge in [0.15, 0.2) is 0 Å². The maximum absolute atomic E-state index is 12.5. The number of carbonyl (C=O) groups excluding carboxylic acids is 1. The van der Waals surface area contributed by atoms with Crippen LogP contribution in [0.2, 0.25) is 5.02 Å². The van der Waals surface area contributed by atoms with E-state index in [4.69, 9.17) is 16.7 Å². The monoisotopic (exact) mass is 295 g/mol. The number of likely N-dealkylation sites (tertiary alicyclic amines) is 1. The Morgan fingerprint density at radius 2 is 1.80 bits per heavy atom. The quantitative estimate of drug-likeness (QED) is 0.929. The van der Waals surface area contributed by atoms with E-state index >= 15 is 0 Å². The zero-order chi connectivity index (χ0) is 14.9. The molecular weight excluding hydrogens is 278 g/mol.